The molecule has 0 aliphatic carbocycles. The van der Waals surface area contributed by atoms with Gasteiger partial charge in [-0.25, -0.2) is 4.39 Å². The average Bonchev–Trinajstić information content (AvgIpc) is 3.01. The molecule has 1 fully saturated rings. The van der Waals surface area contributed by atoms with Crippen molar-refractivity contribution in [3.05, 3.63) is 24.0 Å². The van der Waals surface area contributed by atoms with Gasteiger partial charge in [0.25, 0.3) is 11.8 Å². The Balaban J connectivity index is 1.95. The first-order valence-electron chi connectivity index (χ1n) is 5.89. The van der Waals surface area contributed by atoms with Gasteiger partial charge in [0.2, 0.25) is 0 Å². The normalized spacial score (nSPS) is 15.3. The van der Waals surface area contributed by atoms with Gasteiger partial charge in [0.1, 0.15) is 5.82 Å². The van der Waals surface area contributed by atoms with Crippen LogP contribution in [0.15, 0.2) is 22.7 Å². The molecule has 2 N–H and O–H groups in total. The molecule has 0 atom stereocenters. The maximum absolute atomic E-state index is 13.3. The first-order chi connectivity index (χ1) is 8.75. The summed E-state index contributed by atoms with van der Waals surface area (Å²) in [6.45, 7) is 1.86. The predicted octanol–water partition coefficient (Wildman–Crippen LogP) is 2.06. The molecule has 1 aromatic carbocycles. The number of anilines is 2. The van der Waals surface area contributed by atoms with Gasteiger partial charge in [-0.1, -0.05) is 6.07 Å². The predicted molar refractivity (Wildman–Crippen MR) is 65.6 cm³/mol. The first-order valence-corrected chi connectivity index (χ1v) is 5.89. The quantitative estimate of drug-likeness (QED) is 0.824. The molecule has 0 amide bonds. The number of nitrogen functional groups attached to an aromatic ring is 1. The van der Waals surface area contributed by atoms with Crippen molar-refractivity contribution >= 4 is 11.6 Å². The monoisotopic (exact) mass is 248 g/mol. The van der Waals surface area contributed by atoms with Crippen LogP contribution in [0.1, 0.15) is 12.8 Å². The van der Waals surface area contributed by atoms with E-state index in [4.69, 9.17) is 10.3 Å². The molecule has 0 bridgehead atoms. The summed E-state index contributed by atoms with van der Waals surface area (Å²) < 4.78 is 18.5. The zero-order valence-electron chi connectivity index (χ0n) is 9.77. The molecule has 0 saturated carbocycles. The number of rotatable bonds is 2. The van der Waals surface area contributed by atoms with Crippen molar-refractivity contribution in [2.75, 3.05) is 23.7 Å². The Morgan fingerprint density at radius 2 is 2.06 bits per heavy atom. The molecule has 1 saturated heterocycles. The van der Waals surface area contributed by atoms with Crippen LogP contribution in [0.2, 0.25) is 0 Å². The van der Waals surface area contributed by atoms with E-state index >= 15 is 0 Å². The first kappa shape index (κ1) is 11.0. The molecule has 1 aliphatic rings. The van der Waals surface area contributed by atoms with Crippen molar-refractivity contribution in [2.24, 2.45) is 0 Å². The summed E-state index contributed by atoms with van der Waals surface area (Å²) in [5, 5.41) is 3.91. The molecule has 2 aromatic rings. The number of nitrogens with zero attached hydrogens (tertiary/aromatic N) is 3. The van der Waals surface area contributed by atoms with Crippen LogP contribution in [0.4, 0.5) is 16.0 Å². The lowest BCUT2D eigenvalue weighted by Gasteiger charge is -2.09. The van der Waals surface area contributed by atoms with Crippen molar-refractivity contribution in [2.45, 2.75) is 12.8 Å². The maximum atomic E-state index is 13.3. The van der Waals surface area contributed by atoms with Gasteiger partial charge in [-0.05, 0) is 30.1 Å². The number of aromatic nitrogens is 2. The number of para-hydroxylation sites is 1. The second-order valence-electron chi connectivity index (χ2n) is 4.29. The summed E-state index contributed by atoms with van der Waals surface area (Å²) >= 11 is 0. The number of halogens is 1. The van der Waals surface area contributed by atoms with E-state index in [1.807, 2.05) is 4.90 Å². The molecule has 18 heavy (non-hydrogen) atoms. The Bertz CT molecular complexity index is 563. The highest BCUT2D eigenvalue weighted by Crippen LogP contribution is 2.28. The van der Waals surface area contributed by atoms with Crippen LogP contribution in [-0.4, -0.2) is 23.2 Å². The van der Waals surface area contributed by atoms with Crippen molar-refractivity contribution in [3.8, 4) is 11.5 Å². The lowest BCUT2D eigenvalue weighted by Crippen LogP contribution is -2.18. The van der Waals surface area contributed by atoms with Crippen LogP contribution in [0.25, 0.3) is 11.5 Å². The summed E-state index contributed by atoms with van der Waals surface area (Å²) in [6, 6.07) is 4.54. The topological polar surface area (TPSA) is 68.2 Å². The number of hydrogen-bond acceptors (Lipinski definition) is 5. The number of benzene rings is 1. The molecule has 0 spiro atoms. The fourth-order valence-corrected chi connectivity index (χ4v) is 2.09. The second-order valence-corrected chi connectivity index (χ2v) is 4.29. The van der Waals surface area contributed by atoms with Crippen LogP contribution in [0.3, 0.4) is 0 Å². The summed E-state index contributed by atoms with van der Waals surface area (Å²) in [7, 11) is 0. The molecule has 1 aliphatic heterocycles. The SMILES string of the molecule is Nc1c(F)cccc1-c1nc(N2CCCC2)no1. The summed E-state index contributed by atoms with van der Waals surface area (Å²) in [5.74, 6) is 0.327. The molecule has 0 unspecified atom stereocenters. The minimum atomic E-state index is -0.478. The summed E-state index contributed by atoms with van der Waals surface area (Å²) in [6.07, 6.45) is 2.26. The van der Waals surface area contributed by atoms with Gasteiger partial charge in [0.15, 0.2) is 0 Å². The third kappa shape index (κ3) is 1.79. The number of hydrogen-bond donors (Lipinski definition) is 1. The van der Waals surface area contributed by atoms with E-state index in [2.05, 4.69) is 10.1 Å². The largest absolute Gasteiger partial charge is 0.396 e. The van der Waals surface area contributed by atoms with Crippen molar-refractivity contribution in [3.63, 3.8) is 0 Å². The van der Waals surface area contributed by atoms with Crippen molar-refractivity contribution in [1.29, 1.82) is 0 Å². The lowest BCUT2D eigenvalue weighted by atomic mass is 10.2. The molecular formula is C12H13FN4O. The maximum Gasteiger partial charge on any atom is 0.266 e. The van der Waals surface area contributed by atoms with Crippen molar-refractivity contribution < 1.29 is 8.91 Å². The van der Waals surface area contributed by atoms with E-state index in [1.165, 1.54) is 6.07 Å². The Hall–Kier alpha value is -2.11. The van der Waals surface area contributed by atoms with Gasteiger partial charge in [-0.15, -0.1) is 0 Å². The van der Waals surface area contributed by atoms with E-state index in [1.54, 1.807) is 12.1 Å². The molecule has 0 radical (unpaired) electrons. The van der Waals surface area contributed by atoms with E-state index in [0.717, 1.165) is 25.9 Å². The van der Waals surface area contributed by atoms with Gasteiger partial charge in [0.05, 0.1) is 11.3 Å². The van der Waals surface area contributed by atoms with Crippen LogP contribution in [0, 0.1) is 5.82 Å². The van der Waals surface area contributed by atoms with E-state index in [-0.39, 0.29) is 11.6 Å². The van der Waals surface area contributed by atoms with Gasteiger partial charge in [0, 0.05) is 13.1 Å². The Kier molecular flexibility index (Phi) is 2.62. The molecule has 2 heterocycles. The second kappa shape index (κ2) is 4.29. The van der Waals surface area contributed by atoms with Gasteiger partial charge in [-0.3, -0.25) is 0 Å². The van der Waals surface area contributed by atoms with Gasteiger partial charge < -0.3 is 15.2 Å². The van der Waals surface area contributed by atoms with Crippen LogP contribution >= 0.6 is 0 Å². The van der Waals surface area contributed by atoms with Crippen LogP contribution in [-0.2, 0) is 0 Å². The molecule has 3 rings (SSSR count). The van der Waals surface area contributed by atoms with Gasteiger partial charge in [-0.2, -0.15) is 4.98 Å². The van der Waals surface area contributed by atoms with Gasteiger partial charge >= 0.3 is 0 Å². The Morgan fingerprint density at radius 3 is 2.83 bits per heavy atom. The van der Waals surface area contributed by atoms with Crippen LogP contribution in [0.5, 0.6) is 0 Å². The zero-order chi connectivity index (χ0) is 12.5. The third-order valence-corrected chi connectivity index (χ3v) is 3.09. The fourth-order valence-electron chi connectivity index (χ4n) is 2.09. The summed E-state index contributed by atoms with van der Waals surface area (Å²) in [5.41, 5.74) is 6.14. The third-order valence-electron chi connectivity index (χ3n) is 3.09. The average molecular weight is 248 g/mol. The summed E-state index contributed by atoms with van der Waals surface area (Å²) in [4.78, 5) is 6.31. The highest BCUT2D eigenvalue weighted by Gasteiger charge is 2.20. The smallest absolute Gasteiger partial charge is 0.266 e. The van der Waals surface area contributed by atoms with E-state index < -0.39 is 5.82 Å². The number of nitrogens with two attached hydrogens (primary N) is 1. The Morgan fingerprint density at radius 1 is 1.28 bits per heavy atom. The standard InChI is InChI=1S/C12H13FN4O/c13-9-5-3-4-8(10(9)14)11-15-12(16-18-11)17-6-1-2-7-17/h3-5H,1-2,6-7,14H2. The fraction of sp³-hybridized carbons (Fsp3) is 0.333. The molecular weight excluding hydrogens is 235 g/mol. The minimum Gasteiger partial charge on any atom is -0.396 e. The molecule has 1 aromatic heterocycles. The molecule has 5 nitrogen and oxygen atoms in total. The minimum absolute atomic E-state index is 0.0362. The molecule has 6 heteroatoms. The lowest BCUT2D eigenvalue weighted by molar-refractivity contribution is 0.430. The van der Waals surface area contributed by atoms with Crippen molar-refractivity contribution in [1.82, 2.24) is 10.1 Å². The zero-order valence-corrected chi connectivity index (χ0v) is 9.77. The van der Waals surface area contributed by atoms with E-state index in [9.17, 15) is 4.39 Å². The van der Waals surface area contributed by atoms with Crippen LogP contribution < -0.4 is 10.6 Å². The van der Waals surface area contributed by atoms with E-state index in [0.29, 0.717) is 11.5 Å². The highest BCUT2D eigenvalue weighted by molar-refractivity contribution is 5.71. The Labute approximate surface area is 103 Å². The molecule has 94 valence electrons. The highest BCUT2D eigenvalue weighted by atomic mass is 19.1.